The predicted octanol–water partition coefficient (Wildman–Crippen LogP) is 6.37. The zero-order valence-electron chi connectivity index (χ0n) is 16.7. The molecule has 0 aliphatic heterocycles. The van der Waals surface area contributed by atoms with E-state index in [1.165, 1.54) is 12.1 Å². The molecule has 0 bridgehead atoms. The van der Waals surface area contributed by atoms with Crippen molar-refractivity contribution in [2.75, 3.05) is 0 Å². The standard InChI is InChI=1S/C22H20F3N3O2/c1-21(2,3)12-14-11-19(30-28-14)20-26-16-9-8-13(10-17(16)27-20)15-6-4-5-7-18(15)29-22(23,24)25/h4-11H,12H2,1-3H3,(H,26,27). The third-order valence-electron chi connectivity index (χ3n) is 4.41. The number of para-hydroxylation sites is 1. The van der Waals surface area contributed by atoms with Crippen LogP contribution in [0, 0.1) is 5.41 Å². The third kappa shape index (κ3) is 4.48. The number of halogens is 3. The highest BCUT2D eigenvalue weighted by Gasteiger charge is 2.32. The van der Waals surface area contributed by atoms with Gasteiger partial charge < -0.3 is 14.2 Å². The molecular weight excluding hydrogens is 395 g/mol. The van der Waals surface area contributed by atoms with Crippen molar-refractivity contribution < 1.29 is 22.4 Å². The number of hydrogen-bond acceptors (Lipinski definition) is 4. The molecule has 8 heteroatoms. The lowest BCUT2D eigenvalue weighted by Gasteiger charge is -2.14. The van der Waals surface area contributed by atoms with Crippen LogP contribution in [0.2, 0.25) is 0 Å². The van der Waals surface area contributed by atoms with E-state index in [4.69, 9.17) is 4.52 Å². The smallest absolute Gasteiger partial charge is 0.405 e. The number of rotatable bonds is 4. The summed E-state index contributed by atoms with van der Waals surface area (Å²) in [4.78, 5) is 7.67. The molecule has 0 saturated carbocycles. The average Bonchev–Trinajstić information content (AvgIpc) is 3.25. The maximum atomic E-state index is 12.7. The lowest BCUT2D eigenvalue weighted by Crippen LogP contribution is -2.17. The molecule has 2 heterocycles. The normalized spacial score (nSPS) is 12.5. The molecule has 0 spiro atoms. The van der Waals surface area contributed by atoms with Gasteiger partial charge in [0.25, 0.3) is 0 Å². The lowest BCUT2D eigenvalue weighted by molar-refractivity contribution is -0.274. The molecule has 0 radical (unpaired) electrons. The van der Waals surface area contributed by atoms with Crippen molar-refractivity contribution in [1.82, 2.24) is 15.1 Å². The zero-order chi connectivity index (χ0) is 21.5. The number of H-pyrrole nitrogens is 1. The van der Waals surface area contributed by atoms with Crippen molar-refractivity contribution in [3.05, 3.63) is 54.2 Å². The molecule has 0 saturated heterocycles. The molecule has 0 amide bonds. The van der Waals surface area contributed by atoms with E-state index in [0.29, 0.717) is 33.7 Å². The van der Waals surface area contributed by atoms with Gasteiger partial charge >= 0.3 is 6.36 Å². The first-order valence-corrected chi connectivity index (χ1v) is 9.38. The second-order valence-electron chi connectivity index (χ2n) is 8.28. The first-order chi connectivity index (χ1) is 14.1. The summed E-state index contributed by atoms with van der Waals surface area (Å²) < 4.78 is 47.8. The van der Waals surface area contributed by atoms with Crippen molar-refractivity contribution in [3.8, 4) is 28.5 Å². The van der Waals surface area contributed by atoms with Crippen molar-refractivity contribution in [2.24, 2.45) is 5.41 Å². The van der Waals surface area contributed by atoms with E-state index in [-0.39, 0.29) is 11.2 Å². The van der Waals surface area contributed by atoms with Gasteiger partial charge in [-0.25, -0.2) is 4.98 Å². The Hall–Kier alpha value is -3.29. The highest BCUT2D eigenvalue weighted by Crippen LogP contribution is 2.35. The van der Waals surface area contributed by atoms with Gasteiger partial charge in [0.1, 0.15) is 5.75 Å². The highest BCUT2D eigenvalue weighted by molar-refractivity contribution is 5.85. The van der Waals surface area contributed by atoms with Crippen LogP contribution in [0.4, 0.5) is 13.2 Å². The number of alkyl halides is 3. The van der Waals surface area contributed by atoms with Crippen LogP contribution >= 0.6 is 0 Å². The minimum absolute atomic E-state index is 0.0722. The predicted molar refractivity (Wildman–Crippen MR) is 107 cm³/mol. The van der Waals surface area contributed by atoms with Gasteiger partial charge in [-0.05, 0) is 35.6 Å². The van der Waals surface area contributed by atoms with Gasteiger partial charge in [-0.15, -0.1) is 13.2 Å². The average molecular weight is 415 g/mol. The Bertz CT molecular complexity index is 1190. The number of benzene rings is 2. The summed E-state index contributed by atoms with van der Waals surface area (Å²) in [6.07, 6.45) is -4.00. The zero-order valence-corrected chi connectivity index (χ0v) is 16.7. The van der Waals surface area contributed by atoms with Gasteiger partial charge in [-0.1, -0.05) is 50.2 Å². The quantitative estimate of drug-likeness (QED) is 0.420. The van der Waals surface area contributed by atoms with Crippen LogP contribution in [-0.4, -0.2) is 21.5 Å². The number of imidazole rings is 1. The SMILES string of the molecule is CC(C)(C)Cc1cc(-c2nc3ccc(-c4ccccc4OC(F)(F)F)cc3[nH]2)on1. The fraction of sp³-hybridized carbons (Fsp3) is 0.273. The van der Waals surface area contributed by atoms with Crippen LogP contribution in [0.25, 0.3) is 33.7 Å². The molecule has 0 atom stereocenters. The maximum Gasteiger partial charge on any atom is 0.573 e. The summed E-state index contributed by atoms with van der Waals surface area (Å²) in [6, 6.07) is 13.0. The first kappa shape index (κ1) is 20.0. The number of aromatic amines is 1. The van der Waals surface area contributed by atoms with E-state index in [9.17, 15) is 13.2 Å². The molecule has 5 nitrogen and oxygen atoms in total. The lowest BCUT2D eigenvalue weighted by atomic mass is 9.90. The largest absolute Gasteiger partial charge is 0.573 e. The van der Waals surface area contributed by atoms with Gasteiger partial charge in [0, 0.05) is 11.6 Å². The number of nitrogens with one attached hydrogen (secondary N) is 1. The van der Waals surface area contributed by atoms with Crippen LogP contribution in [0.3, 0.4) is 0 Å². The number of nitrogens with zero attached hydrogens (tertiary/aromatic N) is 2. The van der Waals surface area contributed by atoms with E-state index < -0.39 is 6.36 Å². The fourth-order valence-electron chi connectivity index (χ4n) is 3.26. The molecule has 0 aliphatic carbocycles. The second-order valence-corrected chi connectivity index (χ2v) is 8.28. The van der Waals surface area contributed by atoms with Gasteiger partial charge in [0.05, 0.1) is 16.7 Å². The van der Waals surface area contributed by atoms with Gasteiger partial charge in [0.15, 0.2) is 5.82 Å². The van der Waals surface area contributed by atoms with Crippen LogP contribution in [0.5, 0.6) is 5.75 Å². The Labute approximate surface area is 170 Å². The van der Waals surface area contributed by atoms with Crippen molar-refractivity contribution in [1.29, 1.82) is 0 Å². The summed E-state index contributed by atoms with van der Waals surface area (Å²) in [5.74, 6) is 0.758. The van der Waals surface area contributed by atoms with Crippen molar-refractivity contribution in [3.63, 3.8) is 0 Å². The number of hydrogen-bond donors (Lipinski definition) is 1. The molecule has 0 fully saturated rings. The van der Waals surface area contributed by atoms with Gasteiger partial charge in [-0.2, -0.15) is 0 Å². The summed E-state index contributed by atoms with van der Waals surface area (Å²) >= 11 is 0. The summed E-state index contributed by atoms with van der Waals surface area (Å²) in [5, 5.41) is 4.10. The molecule has 1 N–H and O–H groups in total. The summed E-state index contributed by atoms with van der Waals surface area (Å²) in [7, 11) is 0. The molecule has 2 aromatic heterocycles. The number of ether oxygens (including phenoxy) is 1. The summed E-state index contributed by atoms with van der Waals surface area (Å²) in [5.41, 5.74) is 3.14. The Morgan fingerprint density at radius 1 is 1.03 bits per heavy atom. The molecular formula is C22H20F3N3O2. The molecule has 0 unspecified atom stereocenters. The Morgan fingerprint density at radius 3 is 2.53 bits per heavy atom. The molecule has 0 aliphatic rings. The fourth-order valence-corrected chi connectivity index (χ4v) is 3.26. The minimum atomic E-state index is -4.77. The Morgan fingerprint density at radius 2 is 1.80 bits per heavy atom. The molecule has 4 aromatic rings. The molecule has 30 heavy (non-hydrogen) atoms. The summed E-state index contributed by atoms with van der Waals surface area (Å²) in [6.45, 7) is 6.35. The third-order valence-corrected chi connectivity index (χ3v) is 4.41. The van der Waals surface area contributed by atoms with Gasteiger partial charge in [-0.3, -0.25) is 0 Å². The van der Waals surface area contributed by atoms with Crippen LogP contribution in [0.15, 0.2) is 53.1 Å². The van der Waals surface area contributed by atoms with Crippen LogP contribution in [-0.2, 0) is 6.42 Å². The Kier molecular flexibility index (Phi) is 4.80. The minimum Gasteiger partial charge on any atom is -0.405 e. The van der Waals surface area contributed by atoms with E-state index in [2.05, 4.69) is 40.6 Å². The monoisotopic (exact) mass is 415 g/mol. The highest BCUT2D eigenvalue weighted by atomic mass is 19.4. The van der Waals surface area contributed by atoms with E-state index in [0.717, 1.165) is 12.1 Å². The van der Waals surface area contributed by atoms with Crippen molar-refractivity contribution in [2.45, 2.75) is 33.6 Å². The molecule has 4 rings (SSSR count). The Balaban J connectivity index is 1.68. The first-order valence-electron chi connectivity index (χ1n) is 9.38. The van der Waals surface area contributed by atoms with E-state index in [1.54, 1.807) is 30.3 Å². The van der Waals surface area contributed by atoms with Gasteiger partial charge in [0.2, 0.25) is 5.76 Å². The van der Waals surface area contributed by atoms with Crippen molar-refractivity contribution >= 4 is 11.0 Å². The maximum absolute atomic E-state index is 12.7. The molecule has 2 aromatic carbocycles. The van der Waals surface area contributed by atoms with Crippen LogP contribution < -0.4 is 4.74 Å². The number of aromatic nitrogens is 3. The second kappa shape index (κ2) is 7.19. The molecule has 156 valence electrons. The number of fused-ring (bicyclic) bond motifs is 1. The van der Waals surface area contributed by atoms with Crippen LogP contribution in [0.1, 0.15) is 26.5 Å². The topological polar surface area (TPSA) is 63.9 Å². The van der Waals surface area contributed by atoms with E-state index >= 15 is 0 Å². The van der Waals surface area contributed by atoms with E-state index in [1.807, 2.05) is 6.07 Å².